The van der Waals surface area contributed by atoms with Crippen LogP contribution in [0.25, 0.3) is 0 Å². The molecule has 17 heavy (non-hydrogen) atoms. The Morgan fingerprint density at radius 1 is 1.47 bits per heavy atom. The number of esters is 1. The zero-order chi connectivity index (χ0) is 12.5. The van der Waals surface area contributed by atoms with Crippen LogP contribution in [0, 0.1) is 5.92 Å². The second-order valence-electron chi connectivity index (χ2n) is 5.18. The minimum Gasteiger partial charge on any atom is -0.456 e. The average Bonchev–Trinajstić information content (AvgIpc) is 2.85. The number of hydrogen-bond acceptors (Lipinski definition) is 3. The first-order valence-electron chi connectivity index (χ1n) is 6.31. The molecule has 0 aromatic rings. The normalized spacial score (nSPS) is 30.5. The Kier molecular flexibility index (Phi) is 3.66. The van der Waals surface area contributed by atoms with E-state index >= 15 is 0 Å². The number of hydrogen-bond donors (Lipinski definition) is 1. The Bertz CT molecular complexity index is 290. The lowest BCUT2D eigenvalue weighted by molar-refractivity contribution is -0.159. The maximum Gasteiger partial charge on any atom is 0.377 e. The zero-order valence-electron chi connectivity index (χ0n) is 10.0. The fourth-order valence-electron chi connectivity index (χ4n) is 2.70. The number of alkyl halides is 2. The van der Waals surface area contributed by atoms with Crippen molar-refractivity contribution < 1.29 is 18.3 Å². The summed E-state index contributed by atoms with van der Waals surface area (Å²) in [5, 5.41) is 3.21. The molecule has 0 aromatic carbocycles. The van der Waals surface area contributed by atoms with Crippen molar-refractivity contribution in [1.82, 2.24) is 5.32 Å². The summed E-state index contributed by atoms with van der Waals surface area (Å²) >= 11 is 0. The van der Waals surface area contributed by atoms with E-state index in [0.29, 0.717) is 18.5 Å². The van der Waals surface area contributed by atoms with Crippen molar-refractivity contribution in [2.45, 2.75) is 57.1 Å². The van der Waals surface area contributed by atoms with Crippen molar-refractivity contribution in [2.24, 2.45) is 5.92 Å². The van der Waals surface area contributed by atoms with Crippen LogP contribution in [0.3, 0.4) is 0 Å². The summed E-state index contributed by atoms with van der Waals surface area (Å²) in [4.78, 5) is 10.8. The Balaban J connectivity index is 1.74. The third kappa shape index (κ3) is 2.94. The summed E-state index contributed by atoms with van der Waals surface area (Å²) in [5.74, 6) is -4.03. The van der Waals surface area contributed by atoms with Gasteiger partial charge in [0.25, 0.3) is 0 Å². The maximum atomic E-state index is 12.9. The van der Waals surface area contributed by atoms with E-state index in [0.717, 1.165) is 0 Å². The third-order valence-electron chi connectivity index (χ3n) is 3.83. The van der Waals surface area contributed by atoms with E-state index < -0.39 is 24.4 Å². The Labute approximate surface area is 99.9 Å². The third-order valence-corrected chi connectivity index (χ3v) is 3.83. The van der Waals surface area contributed by atoms with Crippen LogP contribution < -0.4 is 5.32 Å². The van der Waals surface area contributed by atoms with Crippen molar-refractivity contribution in [3.63, 3.8) is 0 Å². The molecule has 98 valence electrons. The summed E-state index contributed by atoms with van der Waals surface area (Å²) < 4.78 is 30.5. The van der Waals surface area contributed by atoms with Crippen molar-refractivity contribution in [1.29, 1.82) is 0 Å². The van der Waals surface area contributed by atoms with Crippen molar-refractivity contribution in [3.05, 3.63) is 0 Å². The van der Waals surface area contributed by atoms with Crippen LogP contribution in [0.1, 0.15) is 39.0 Å². The highest BCUT2D eigenvalue weighted by Crippen LogP contribution is 2.31. The number of nitrogens with one attached hydrogen (secondary N) is 1. The van der Waals surface area contributed by atoms with E-state index in [1.165, 1.54) is 25.7 Å². The van der Waals surface area contributed by atoms with Gasteiger partial charge in [0.1, 0.15) is 6.10 Å². The van der Waals surface area contributed by atoms with Gasteiger partial charge in [-0.05, 0) is 25.7 Å². The predicted octanol–water partition coefficient (Wildman–Crippen LogP) is 2.11. The fourth-order valence-corrected chi connectivity index (χ4v) is 2.70. The zero-order valence-corrected chi connectivity index (χ0v) is 10.0. The van der Waals surface area contributed by atoms with Crippen LogP contribution in [-0.4, -0.2) is 30.6 Å². The standard InChI is InChI=1S/C12H19F2NO2/c1-8(9-4-2-3-5-9)15-7-10-6-12(13,14)11(16)17-10/h8-10,15H,2-7H2,1H3/t8-,10?/m0/s1. The van der Waals surface area contributed by atoms with Crippen LogP contribution in [0.4, 0.5) is 8.78 Å². The monoisotopic (exact) mass is 247 g/mol. The molecule has 0 radical (unpaired) electrons. The minimum absolute atomic E-state index is 0.311. The van der Waals surface area contributed by atoms with Gasteiger partial charge in [-0.25, -0.2) is 4.79 Å². The average molecular weight is 247 g/mol. The SMILES string of the molecule is C[C@H](NCC1CC(F)(F)C(=O)O1)C1CCCC1. The Morgan fingerprint density at radius 2 is 2.12 bits per heavy atom. The van der Waals surface area contributed by atoms with Gasteiger partial charge < -0.3 is 10.1 Å². The number of carbonyl (C=O) groups excluding carboxylic acids is 1. The molecule has 1 heterocycles. The van der Waals surface area contributed by atoms with E-state index in [1.807, 2.05) is 0 Å². The summed E-state index contributed by atoms with van der Waals surface area (Å²) in [5.41, 5.74) is 0. The minimum atomic E-state index is -3.29. The first-order chi connectivity index (χ1) is 7.99. The molecule has 0 bridgehead atoms. The quantitative estimate of drug-likeness (QED) is 0.773. The molecule has 1 saturated heterocycles. The lowest BCUT2D eigenvalue weighted by Gasteiger charge is -2.21. The highest BCUT2D eigenvalue weighted by Gasteiger charge is 2.50. The molecule has 1 aliphatic heterocycles. The van der Waals surface area contributed by atoms with E-state index in [-0.39, 0.29) is 0 Å². The first-order valence-corrected chi connectivity index (χ1v) is 6.31. The van der Waals surface area contributed by atoms with Gasteiger partial charge in [0.2, 0.25) is 0 Å². The number of halogens is 2. The highest BCUT2D eigenvalue weighted by molar-refractivity contribution is 5.79. The summed E-state index contributed by atoms with van der Waals surface area (Å²) in [6.07, 6.45) is 3.75. The van der Waals surface area contributed by atoms with E-state index in [2.05, 4.69) is 17.0 Å². The summed E-state index contributed by atoms with van der Waals surface area (Å²) in [6.45, 7) is 2.41. The fraction of sp³-hybridized carbons (Fsp3) is 0.917. The van der Waals surface area contributed by atoms with Gasteiger partial charge >= 0.3 is 11.9 Å². The van der Waals surface area contributed by atoms with Gasteiger partial charge in [-0.3, -0.25) is 0 Å². The van der Waals surface area contributed by atoms with Crippen LogP contribution in [0.2, 0.25) is 0 Å². The molecule has 2 fully saturated rings. The lowest BCUT2D eigenvalue weighted by Crippen LogP contribution is -2.37. The van der Waals surface area contributed by atoms with E-state index in [4.69, 9.17) is 0 Å². The molecular formula is C12H19F2NO2. The number of ether oxygens (including phenoxy) is 1. The van der Waals surface area contributed by atoms with Crippen LogP contribution in [-0.2, 0) is 9.53 Å². The molecule has 0 aromatic heterocycles. The molecule has 5 heteroatoms. The van der Waals surface area contributed by atoms with Gasteiger partial charge in [-0.1, -0.05) is 12.8 Å². The largest absolute Gasteiger partial charge is 0.456 e. The molecule has 3 nitrogen and oxygen atoms in total. The molecule has 2 rings (SSSR count). The second kappa shape index (κ2) is 4.88. The van der Waals surface area contributed by atoms with Crippen molar-refractivity contribution in [2.75, 3.05) is 6.54 Å². The van der Waals surface area contributed by atoms with Crippen LogP contribution in [0.5, 0.6) is 0 Å². The summed E-state index contributed by atoms with van der Waals surface area (Å²) in [7, 11) is 0. The van der Waals surface area contributed by atoms with Crippen LogP contribution >= 0.6 is 0 Å². The van der Waals surface area contributed by atoms with E-state index in [1.54, 1.807) is 0 Å². The number of cyclic esters (lactones) is 1. The van der Waals surface area contributed by atoms with Crippen LogP contribution in [0.15, 0.2) is 0 Å². The predicted molar refractivity (Wildman–Crippen MR) is 58.9 cm³/mol. The van der Waals surface area contributed by atoms with Gasteiger partial charge in [0.15, 0.2) is 0 Å². The molecule has 0 amide bonds. The molecule has 1 unspecified atom stereocenters. The lowest BCUT2D eigenvalue weighted by atomic mass is 9.99. The van der Waals surface area contributed by atoms with E-state index in [9.17, 15) is 13.6 Å². The molecule has 1 saturated carbocycles. The molecule has 2 atom stereocenters. The molecule has 0 spiro atoms. The van der Waals surface area contributed by atoms with Gasteiger partial charge in [-0.2, -0.15) is 8.78 Å². The summed E-state index contributed by atoms with van der Waals surface area (Å²) in [6, 6.07) is 0.311. The molecule has 2 aliphatic rings. The number of rotatable bonds is 4. The molecular weight excluding hydrogens is 228 g/mol. The first kappa shape index (κ1) is 12.7. The van der Waals surface area contributed by atoms with Gasteiger partial charge in [0, 0.05) is 12.6 Å². The highest BCUT2D eigenvalue weighted by atomic mass is 19.3. The van der Waals surface area contributed by atoms with Crippen molar-refractivity contribution >= 4 is 5.97 Å². The molecule has 1 aliphatic carbocycles. The van der Waals surface area contributed by atoms with Gasteiger partial charge in [-0.15, -0.1) is 0 Å². The number of carbonyl (C=O) groups is 1. The Morgan fingerprint density at radius 3 is 2.65 bits per heavy atom. The second-order valence-corrected chi connectivity index (χ2v) is 5.18. The van der Waals surface area contributed by atoms with Crippen molar-refractivity contribution in [3.8, 4) is 0 Å². The Hall–Kier alpha value is -0.710. The smallest absolute Gasteiger partial charge is 0.377 e. The maximum absolute atomic E-state index is 12.9. The topological polar surface area (TPSA) is 38.3 Å². The molecule has 1 N–H and O–H groups in total. The van der Waals surface area contributed by atoms with Gasteiger partial charge in [0.05, 0.1) is 6.42 Å².